The molecule has 0 aliphatic carbocycles. The Kier molecular flexibility index (Phi) is 6.15. The number of carbonyl (C=O) groups is 2. The number of aromatic amines is 1. The highest BCUT2D eigenvalue weighted by Gasteiger charge is 2.27. The molecule has 2 aromatic heterocycles. The average molecular weight is 420 g/mol. The van der Waals surface area contributed by atoms with Gasteiger partial charge in [0.05, 0.1) is 25.0 Å². The molecule has 4 N–H and O–H groups in total. The molecule has 9 heteroatoms. The molecule has 31 heavy (non-hydrogen) atoms. The van der Waals surface area contributed by atoms with Crippen LogP contribution in [-0.4, -0.2) is 68.1 Å². The number of H-pyrrole nitrogens is 1. The van der Waals surface area contributed by atoms with Crippen molar-refractivity contribution < 1.29 is 14.7 Å². The van der Waals surface area contributed by atoms with Gasteiger partial charge < -0.3 is 10.8 Å². The van der Waals surface area contributed by atoms with Crippen molar-refractivity contribution in [3.63, 3.8) is 0 Å². The number of nitrogens with two attached hydrogens (primary N) is 1. The maximum Gasteiger partial charge on any atom is 0.186 e. The number of hydrogen-bond acceptors (Lipinski definition) is 8. The molecular formula is C22H24N6O3. The largest absolute Gasteiger partial charge is 0.507 e. The van der Waals surface area contributed by atoms with E-state index in [1.807, 2.05) is 11.0 Å². The lowest BCUT2D eigenvalue weighted by atomic mass is 9.90. The predicted octanol–water partition coefficient (Wildman–Crippen LogP) is 1.66. The van der Waals surface area contributed by atoms with E-state index in [4.69, 9.17) is 5.73 Å². The summed E-state index contributed by atoms with van der Waals surface area (Å²) in [5.74, 6) is -0.0887. The molecule has 3 aromatic rings. The van der Waals surface area contributed by atoms with E-state index in [0.29, 0.717) is 49.4 Å². The number of benzene rings is 1. The van der Waals surface area contributed by atoms with Crippen molar-refractivity contribution in [1.82, 2.24) is 25.3 Å². The number of nitrogens with zero attached hydrogens (tertiary/aromatic N) is 4. The number of phenolic OH excluding ortho intramolecular Hbond substituents is 1. The Bertz CT molecular complexity index is 1060. The van der Waals surface area contributed by atoms with Crippen LogP contribution in [0.4, 0.5) is 0 Å². The molecule has 0 spiro atoms. The van der Waals surface area contributed by atoms with Crippen LogP contribution in [0.5, 0.6) is 5.75 Å². The first-order valence-electron chi connectivity index (χ1n) is 10.2. The van der Waals surface area contributed by atoms with E-state index < -0.39 is 0 Å². The van der Waals surface area contributed by atoms with E-state index in [9.17, 15) is 14.7 Å². The van der Waals surface area contributed by atoms with Gasteiger partial charge in [0.25, 0.3) is 0 Å². The van der Waals surface area contributed by atoms with Gasteiger partial charge in [0.2, 0.25) is 0 Å². The zero-order chi connectivity index (χ0) is 21.8. The summed E-state index contributed by atoms with van der Waals surface area (Å²) in [4.78, 5) is 26.3. The Balaban J connectivity index is 1.41. The number of piperidine rings is 1. The highest BCUT2D eigenvalue weighted by atomic mass is 16.3. The fourth-order valence-corrected chi connectivity index (χ4v) is 3.82. The summed E-state index contributed by atoms with van der Waals surface area (Å²) in [7, 11) is 0. The van der Waals surface area contributed by atoms with E-state index in [0.717, 1.165) is 11.1 Å². The van der Waals surface area contributed by atoms with E-state index in [-0.39, 0.29) is 29.8 Å². The third-order valence-electron chi connectivity index (χ3n) is 5.61. The van der Waals surface area contributed by atoms with Crippen molar-refractivity contribution in [3.8, 4) is 28.1 Å². The number of nitrogens with one attached hydrogen (secondary N) is 1. The third kappa shape index (κ3) is 4.68. The SMILES string of the molecule is NCC(=O)CN1CCC(C(=O)c2ccc(-c3ccc(-c4cn[nH]c4)cc3O)nn2)CC1. The lowest BCUT2D eigenvalue weighted by Gasteiger charge is -2.30. The first kappa shape index (κ1) is 20.8. The van der Waals surface area contributed by atoms with Crippen LogP contribution >= 0.6 is 0 Å². The number of ketones is 2. The van der Waals surface area contributed by atoms with Gasteiger partial charge in [-0.05, 0) is 55.8 Å². The number of carbonyl (C=O) groups excluding carboxylic acids is 2. The maximum atomic E-state index is 12.8. The number of rotatable bonds is 7. The number of likely N-dealkylation sites (tertiary alicyclic amines) is 1. The molecule has 9 nitrogen and oxygen atoms in total. The van der Waals surface area contributed by atoms with Crippen molar-refractivity contribution in [1.29, 1.82) is 0 Å². The van der Waals surface area contributed by atoms with Crippen LogP contribution in [0, 0.1) is 5.92 Å². The fourth-order valence-electron chi connectivity index (χ4n) is 3.82. The molecule has 1 saturated heterocycles. The summed E-state index contributed by atoms with van der Waals surface area (Å²) in [6, 6.07) is 8.62. The minimum absolute atomic E-state index is 0.00674. The number of Topliss-reactive ketones (excluding diaryl/α,β-unsaturated/α-hetero) is 2. The minimum atomic E-state index is -0.132. The molecule has 1 aliphatic heterocycles. The van der Waals surface area contributed by atoms with Crippen LogP contribution in [0.3, 0.4) is 0 Å². The van der Waals surface area contributed by atoms with Gasteiger partial charge in [0.1, 0.15) is 11.4 Å². The average Bonchev–Trinajstić information content (AvgIpc) is 3.34. The molecule has 0 bridgehead atoms. The van der Waals surface area contributed by atoms with Crippen molar-refractivity contribution >= 4 is 11.6 Å². The van der Waals surface area contributed by atoms with Gasteiger partial charge in [-0.3, -0.25) is 19.6 Å². The van der Waals surface area contributed by atoms with Gasteiger partial charge in [-0.25, -0.2) is 0 Å². The molecule has 0 saturated carbocycles. The van der Waals surface area contributed by atoms with Gasteiger partial charge in [0, 0.05) is 23.2 Å². The molecular weight excluding hydrogens is 396 g/mol. The Morgan fingerprint density at radius 3 is 2.55 bits per heavy atom. The molecule has 1 fully saturated rings. The Morgan fingerprint density at radius 1 is 1.13 bits per heavy atom. The van der Waals surface area contributed by atoms with Crippen LogP contribution < -0.4 is 5.73 Å². The molecule has 160 valence electrons. The Hall–Kier alpha value is -3.43. The number of hydrogen-bond donors (Lipinski definition) is 3. The van der Waals surface area contributed by atoms with Crippen molar-refractivity contribution in [2.75, 3.05) is 26.2 Å². The second-order valence-electron chi connectivity index (χ2n) is 7.68. The lowest BCUT2D eigenvalue weighted by Crippen LogP contribution is -2.40. The summed E-state index contributed by atoms with van der Waals surface area (Å²) in [6.07, 6.45) is 4.78. The molecule has 1 aliphatic rings. The molecule has 4 rings (SSSR count). The zero-order valence-electron chi connectivity index (χ0n) is 17.0. The van der Waals surface area contributed by atoms with E-state index in [2.05, 4.69) is 20.4 Å². The minimum Gasteiger partial charge on any atom is -0.507 e. The zero-order valence-corrected chi connectivity index (χ0v) is 17.0. The van der Waals surface area contributed by atoms with Gasteiger partial charge in [-0.1, -0.05) is 6.07 Å². The molecule has 0 unspecified atom stereocenters. The summed E-state index contributed by atoms with van der Waals surface area (Å²) in [6.45, 7) is 1.76. The normalized spacial score (nSPS) is 15.1. The van der Waals surface area contributed by atoms with Crippen LogP contribution in [0.2, 0.25) is 0 Å². The number of aromatic nitrogens is 4. The first-order valence-corrected chi connectivity index (χ1v) is 10.2. The van der Waals surface area contributed by atoms with Gasteiger partial charge in [0.15, 0.2) is 11.6 Å². The van der Waals surface area contributed by atoms with E-state index in [1.165, 1.54) is 0 Å². The standard InChI is InChI=1S/C22H24N6O3/c23-10-17(29)13-28-7-5-14(6-8-28)22(31)20-4-3-19(26-27-20)18-2-1-15(9-21(18)30)16-11-24-25-12-16/h1-4,9,11-12,14,30H,5-8,10,13,23H2,(H,24,25). The van der Waals surface area contributed by atoms with Gasteiger partial charge in [-0.2, -0.15) is 5.10 Å². The number of aromatic hydroxyl groups is 1. The quantitative estimate of drug-likeness (QED) is 0.491. The molecule has 0 radical (unpaired) electrons. The van der Waals surface area contributed by atoms with Crippen molar-refractivity contribution in [2.45, 2.75) is 12.8 Å². The third-order valence-corrected chi connectivity index (χ3v) is 5.61. The maximum absolute atomic E-state index is 12.8. The van der Waals surface area contributed by atoms with Crippen LogP contribution in [0.25, 0.3) is 22.4 Å². The van der Waals surface area contributed by atoms with E-state index in [1.54, 1.807) is 36.7 Å². The summed E-state index contributed by atoms with van der Waals surface area (Å²) in [5, 5.41) is 25.4. The summed E-state index contributed by atoms with van der Waals surface area (Å²) < 4.78 is 0. The highest BCUT2D eigenvalue weighted by Crippen LogP contribution is 2.32. The summed E-state index contributed by atoms with van der Waals surface area (Å²) in [5.41, 5.74) is 8.41. The molecule has 0 amide bonds. The van der Waals surface area contributed by atoms with E-state index >= 15 is 0 Å². The van der Waals surface area contributed by atoms with Crippen LogP contribution in [0.1, 0.15) is 23.3 Å². The van der Waals surface area contributed by atoms with Gasteiger partial charge in [-0.15, -0.1) is 10.2 Å². The monoisotopic (exact) mass is 420 g/mol. The highest BCUT2D eigenvalue weighted by molar-refractivity contribution is 5.96. The van der Waals surface area contributed by atoms with Crippen molar-refractivity contribution in [3.05, 3.63) is 48.4 Å². The topological polar surface area (TPSA) is 138 Å². The summed E-state index contributed by atoms with van der Waals surface area (Å²) >= 11 is 0. The lowest BCUT2D eigenvalue weighted by molar-refractivity contribution is -0.119. The Labute approximate surface area is 179 Å². The van der Waals surface area contributed by atoms with Crippen LogP contribution in [-0.2, 0) is 4.79 Å². The molecule has 1 aromatic carbocycles. The second kappa shape index (κ2) is 9.15. The fraction of sp³-hybridized carbons (Fsp3) is 0.318. The molecule has 0 atom stereocenters. The predicted molar refractivity (Wildman–Crippen MR) is 114 cm³/mol. The number of phenols is 1. The van der Waals surface area contributed by atoms with Crippen molar-refractivity contribution in [2.24, 2.45) is 11.7 Å². The first-order chi connectivity index (χ1) is 15.0. The van der Waals surface area contributed by atoms with Gasteiger partial charge >= 0.3 is 0 Å². The second-order valence-corrected chi connectivity index (χ2v) is 7.68. The van der Waals surface area contributed by atoms with Crippen LogP contribution in [0.15, 0.2) is 42.7 Å². The Morgan fingerprint density at radius 2 is 1.94 bits per heavy atom. The molecule has 3 heterocycles. The smallest absolute Gasteiger partial charge is 0.186 e.